The maximum atomic E-state index is 12.7. The van der Waals surface area contributed by atoms with E-state index in [2.05, 4.69) is 5.32 Å². The second kappa shape index (κ2) is 5.57. The summed E-state index contributed by atoms with van der Waals surface area (Å²) < 4.78 is 5.33. The molecule has 0 radical (unpaired) electrons. The molecule has 0 aromatic heterocycles. The van der Waals surface area contributed by atoms with E-state index in [-0.39, 0.29) is 5.92 Å². The Morgan fingerprint density at radius 2 is 1.95 bits per heavy atom. The predicted molar refractivity (Wildman–Crippen MR) is 79.3 cm³/mol. The summed E-state index contributed by atoms with van der Waals surface area (Å²) in [5.41, 5.74) is 1.88. The van der Waals surface area contributed by atoms with Crippen LogP contribution in [0.5, 0.6) is 5.75 Å². The van der Waals surface area contributed by atoms with Crippen molar-refractivity contribution in [2.24, 2.45) is 5.92 Å². The lowest BCUT2D eigenvalue weighted by Crippen LogP contribution is -2.50. The number of Topliss-reactive ketones (excluding diaryl/α,β-unsaturated/α-hetero) is 1. The molecular formula is C17H23NO2. The normalized spacial score (nSPS) is 29.0. The standard InChI is InChI=1S/C17H23NO2/c1-11-6-7-12(10-16(11)20-2)17(19)13-8-14-4-3-5-15(9-13)18-14/h6-7,10,13-15,18H,3-5,8-9H2,1-2H3. The number of hydrogen-bond acceptors (Lipinski definition) is 3. The van der Waals surface area contributed by atoms with Gasteiger partial charge in [-0.05, 0) is 44.2 Å². The van der Waals surface area contributed by atoms with E-state index in [0.717, 1.165) is 29.7 Å². The van der Waals surface area contributed by atoms with E-state index < -0.39 is 0 Å². The molecular weight excluding hydrogens is 250 g/mol. The molecule has 0 aliphatic carbocycles. The Bertz CT molecular complexity index is 500. The second-order valence-electron chi connectivity index (χ2n) is 6.21. The zero-order valence-electron chi connectivity index (χ0n) is 12.3. The van der Waals surface area contributed by atoms with Gasteiger partial charge in [-0.1, -0.05) is 18.6 Å². The van der Waals surface area contributed by atoms with Gasteiger partial charge in [0.25, 0.3) is 0 Å². The average molecular weight is 273 g/mol. The number of hydrogen-bond donors (Lipinski definition) is 1. The van der Waals surface area contributed by atoms with Gasteiger partial charge in [0.1, 0.15) is 5.75 Å². The number of fused-ring (bicyclic) bond motifs is 2. The largest absolute Gasteiger partial charge is 0.496 e. The van der Waals surface area contributed by atoms with Gasteiger partial charge in [0.05, 0.1) is 7.11 Å². The van der Waals surface area contributed by atoms with Crippen LogP contribution in [0.1, 0.15) is 48.0 Å². The number of carbonyl (C=O) groups excluding carboxylic acids is 1. The SMILES string of the molecule is COc1cc(C(=O)C2CC3CCCC(C2)N3)ccc1C. The maximum absolute atomic E-state index is 12.7. The van der Waals surface area contributed by atoms with Gasteiger partial charge in [-0.15, -0.1) is 0 Å². The van der Waals surface area contributed by atoms with E-state index in [9.17, 15) is 4.79 Å². The molecule has 108 valence electrons. The van der Waals surface area contributed by atoms with Crippen LogP contribution in [0.2, 0.25) is 0 Å². The van der Waals surface area contributed by atoms with Gasteiger partial charge in [-0.25, -0.2) is 0 Å². The molecule has 3 rings (SSSR count). The van der Waals surface area contributed by atoms with Crippen molar-refractivity contribution in [3.8, 4) is 5.75 Å². The molecule has 0 spiro atoms. The summed E-state index contributed by atoms with van der Waals surface area (Å²) in [5.74, 6) is 1.28. The number of nitrogens with one attached hydrogen (secondary N) is 1. The first-order valence-electron chi connectivity index (χ1n) is 7.62. The van der Waals surface area contributed by atoms with Crippen molar-refractivity contribution in [3.05, 3.63) is 29.3 Å². The van der Waals surface area contributed by atoms with E-state index in [1.54, 1.807) is 7.11 Å². The van der Waals surface area contributed by atoms with Crippen LogP contribution < -0.4 is 10.1 Å². The Kier molecular flexibility index (Phi) is 3.79. The van der Waals surface area contributed by atoms with Gasteiger partial charge in [0.2, 0.25) is 0 Å². The molecule has 2 bridgehead atoms. The van der Waals surface area contributed by atoms with Crippen LogP contribution in [0.15, 0.2) is 18.2 Å². The third-order valence-corrected chi connectivity index (χ3v) is 4.78. The molecule has 2 fully saturated rings. The highest BCUT2D eigenvalue weighted by molar-refractivity contribution is 5.98. The molecule has 2 aliphatic rings. The molecule has 1 aromatic carbocycles. The smallest absolute Gasteiger partial charge is 0.166 e. The maximum Gasteiger partial charge on any atom is 0.166 e. The summed E-state index contributed by atoms with van der Waals surface area (Å²) in [7, 11) is 1.66. The van der Waals surface area contributed by atoms with E-state index in [4.69, 9.17) is 4.74 Å². The molecule has 1 N–H and O–H groups in total. The number of benzene rings is 1. The zero-order chi connectivity index (χ0) is 14.1. The lowest BCUT2D eigenvalue weighted by atomic mass is 9.77. The fraction of sp³-hybridized carbons (Fsp3) is 0.588. The van der Waals surface area contributed by atoms with E-state index in [1.807, 2.05) is 25.1 Å². The number of methoxy groups -OCH3 is 1. The minimum Gasteiger partial charge on any atom is -0.496 e. The molecule has 3 nitrogen and oxygen atoms in total. The predicted octanol–water partition coefficient (Wildman–Crippen LogP) is 3.11. The molecule has 2 atom stereocenters. The van der Waals surface area contributed by atoms with Gasteiger partial charge in [0.15, 0.2) is 5.78 Å². The van der Waals surface area contributed by atoms with Gasteiger partial charge in [-0.2, -0.15) is 0 Å². The Hall–Kier alpha value is -1.35. The van der Waals surface area contributed by atoms with Crippen LogP contribution in [0.4, 0.5) is 0 Å². The summed E-state index contributed by atoms with van der Waals surface area (Å²) in [4.78, 5) is 12.7. The van der Waals surface area contributed by atoms with Crippen molar-refractivity contribution in [3.63, 3.8) is 0 Å². The first-order chi connectivity index (χ1) is 9.67. The average Bonchev–Trinajstić information content (AvgIpc) is 2.46. The lowest BCUT2D eigenvalue weighted by Gasteiger charge is -2.39. The number of rotatable bonds is 3. The molecule has 2 saturated heterocycles. The molecule has 0 amide bonds. The third-order valence-electron chi connectivity index (χ3n) is 4.78. The van der Waals surface area contributed by atoms with Crippen molar-refractivity contribution >= 4 is 5.78 Å². The van der Waals surface area contributed by atoms with Crippen LogP contribution in [-0.2, 0) is 0 Å². The highest BCUT2D eigenvalue weighted by Gasteiger charge is 2.34. The number of ketones is 1. The topological polar surface area (TPSA) is 38.3 Å². The van der Waals surface area contributed by atoms with Crippen molar-refractivity contribution in [1.82, 2.24) is 5.32 Å². The second-order valence-corrected chi connectivity index (χ2v) is 6.21. The van der Waals surface area contributed by atoms with Gasteiger partial charge in [0, 0.05) is 23.6 Å². The molecule has 2 aliphatic heterocycles. The highest BCUT2D eigenvalue weighted by Crippen LogP contribution is 2.32. The third kappa shape index (κ3) is 2.59. The van der Waals surface area contributed by atoms with Crippen LogP contribution in [0, 0.1) is 12.8 Å². The lowest BCUT2D eigenvalue weighted by molar-refractivity contribution is 0.0825. The molecule has 2 heterocycles. The van der Waals surface area contributed by atoms with Gasteiger partial charge >= 0.3 is 0 Å². The van der Waals surface area contributed by atoms with Crippen molar-refractivity contribution in [2.75, 3.05) is 7.11 Å². The quantitative estimate of drug-likeness (QED) is 0.860. The first-order valence-corrected chi connectivity index (χ1v) is 7.62. The number of piperidine rings is 2. The summed E-state index contributed by atoms with van der Waals surface area (Å²) >= 11 is 0. The summed E-state index contributed by atoms with van der Waals surface area (Å²) in [6.07, 6.45) is 5.73. The van der Waals surface area contributed by atoms with Gasteiger partial charge in [-0.3, -0.25) is 4.79 Å². The number of ether oxygens (including phenoxy) is 1. The number of carbonyl (C=O) groups is 1. The van der Waals surface area contributed by atoms with Crippen LogP contribution in [0.3, 0.4) is 0 Å². The first kappa shape index (κ1) is 13.6. The molecule has 1 aromatic rings. The van der Waals surface area contributed by atoms with E-state index in [1.165, 1.54) is 19.3 Å². The van der Waals surface area contributed by atoms with Crippen LogP contribution >= 0.6 is 0 Å². The summed E-state index contributed by atoms with van der Waals surface area (Å²) in [6.45, 7) is 2.00. The van der Waals surface area contributed by atoms with Crippen LogP contribution in [0.25, 0.3) is 0 Å². The number of aryl methyl sites for hydroxylation is 1. The van der Waals surface area contributed by atoms with Crippen molar-refractivity contribution in [1.29, 1.82) is 0 Å². The van der Waals surface area contributed by atoms with Crippen molar-refractivity contribution in [2.45, 2.75) is 51.1 Å². The Balaban J connectivity index is 1.78. The highest BCUT2D eigenvalue weighted by atomic mass is 16.5. The van der Waals surface area contributed by atoms with E-state index >= 15 is 0 Å². The Morgan fingerprint density at radius 1 is 1.25 bits per heavy atom. The monoisotopic (exact) mass is 273 g/mol. The van der Waals surface area contributed by atoms with Crippen LogP contribution in [-0.4, -0.2) is 25.0 Å². The fourth-order valence-corrected chi connectivity index (χ4v) is 3.69. The molecule has 3 heteroatoms. The van der Waals surface area contributed by atoms with Crippen molar-refractivity contribution < 1.29 is 9.53 Å². The summed E-state index contributed by atoms with van der Waals surface area (Å²) in [6, 6.07) is 6.91. The molecule has 20 heavy (non-hydrogen) atoms. The molecule has 0 saturated carbocycles. The van der Waals surface area contributed by atoms with Gasteiger partial charge < -0.3 is 10.1 Å². The summed E-state index contributed by atoms with van der Waals surface area (Å²) in [5, 5.41) is 3.64. The zero-order valence-corrected chi connectivity index (χ0v) is 12.3. The van der Waals surface area contributed by atoms with E-state index in [0.29, 0.717) is 17.9 Å². The Labute approximate surface area is 120 Å². The minimum atomic E-state index is 0.180. The molecule has 2 unspecified atom stereocenters. The Morgan fingerprint density at radius 3 is 2.60 bits per heavy atom. The fourth-order valence-electron chi connectivity index (χ4n) is 3.69. The minimum absolute atomic E-state index is 0.180.